The molecule has 1 aromatic carbocycles. The molecule has 0 amide bonds. The van der Waals surface area contributed by atoms with Crippen molar-refractivity contribution >= 4 is 23.3 Å². The Kier molecular flexibility index (Phi) is 6.33. The van der Waals surface area contributed by atoms with Gasteiger partial charge in [0.1, 0.15) is 12.3 Å². The highest BCUT2D eigenvalue weighted by Crippen LogP contribution is 2.32. The minimum Gasteiger partial charge on any atom is -0.471 e. The van der Waals surface area contributed by atoms with E-state index in [0.29, 0.717) is 5.69 Å². The molecular formula is C18H16F5N5O2. The van der Waals surface area contributed by atoms with Crippen LogP contribution in [0.2, 0.25) is 0 Å². The van der Waals surface area contributed by atoms with Gasteiger partial charge < -0.3 is 20.2 Å². The number of benzene rings is 1. The summed E-state index contributed by atoms with van der Waals surface area (Å²) in [7, 11) is 0. The van der Waals surface area contributed by atoms with E-state index in [-0.39, 0.29) is 37.0 Å². The summed E-state index contributed by atoms with van der Waals surface area (Å²) in [5.41, 5.74) is 0.800. The third-order valence-electron chi connectivity index (χ3n) is 3.96. The summed E-state index contributed by atoms with van der Waals surface area (Å²) < 4.78 is 73.5. The van der Waals surface area contributed by atoms with Crippen LogP contribution in [0.25, 0.3) is 0 Å². The maximum atomic E-state index is 13.4. The van der Waals surface area contributed by atoms with Gasteiger partial charge in [-0.3, -0.25) is 4.99 Å². The monoisotopic (exact) mass is 429 g/mol. The highest BCUT2D eigenvalue weighted by atomic mass is 19.3. The van der Waals surface area contributed by atoms with Gasteiger partial charge in [0.25, 0.3) is 5.92 Å². The average Bonchev–Trinajstić information content (AvgIpc) is 2.68. The molecular weight excluding hydrogens is 413 g/mol. The molecule has 1 saturated heterocycles. The molecule has 12 heteroatoms. The van der Waals surface area contributed by atoms with Gasteiger partial charge in [-0.25, -0.2) is 18.2 Å². The van der Waals surface area contributed by atoms with Gasteiger partial charge in [-0.1, -0.05) is 0 Å². The molecule has 30 heavy (non-hydrogen) atoms. The normalized spacial score (nSPS) is 16.1. The zero-order chi connectivity index (χ0) is 21.7. The zero-order valence-corrected chi connectivity index (χ0v) is 15.3. The van der Waals surface area contributed by atoms with Crippen molar-refractivity contribution in [2.75, 3.05) is 24.6 Å². The second-order valence-corrected chi connectivity index (χ2v) is 6.22. The Hall–Kier alpha value is -3.44. The molecule has 1 fully saturated rings. The second kappa shape index (κ2) is 8.93. The summed E-state index contributed by atoms with van der Waals surface area (Å²) in [4.78, 5) is 9.42. The van der Waals surface area contributed by atoms with Crippen LogP contribution in [0.3, 0.4) is 0 Å². The lowest BCUT2D eigenvalue weighted by Crippen LogP contribution is -2.56. The highest BCUT2D eigenvalue weighted by Gasteiger charge is 2.44. The zero-order valence-electron chi connectivity index (χ0n) is 15.3. The van der Waals surface area contributed by atoms with Gasteiger partial charge in [-0.15, -0.1) is 0 Å². The number of aliphatic imine (C=N–C) groups is 1. The number of hydrazone groups is 1. The summed E-state index contributed by atoms with van der Waals surface area (Å²) >= 11 is 0. The van der Waals surface area contributed by atoms with E-state index in [9.17, 15) is 22.0 Å². The molecule has 0 atom stereocenters. The van der Waals surface area contributed by atoms with Crippen molar-refractivity contribution < 1.29 is 31.4 Å². The van der Waals surface area contributed by atoms with Gasteiger partial charge in [-0.2, -0.15) is 13.9 Å². The van der Waals surface area contributed by atoms with Gasteiger partial charge >= 0.3 is 6.61 Å². The Morgan fingerprint density at radius 3 is 2.70 bits per heavy atom. The van der Waals surface area contributed by atoms with Crippen LogP contribution in [0.1, 0.15) is 0 Å². The minimum absolute atomic E-state index is 0.118. The number of anilines is 1. The number of hydrogen-bond donors (Lipinski definition) is 1. The van der Waals surface area contributed by atoms with Crippen LogP contribution in [0.15, 0.2) is 46.6 Å². The van der Waals surface area contributed by atoms with Crippen LogP contribution in [0, 0.1) is 5.82 Å². The molecule has 2 aromatic rings. The van der Waals surface area contributed by atoms with Crippen molar-refractivity contribution in [1.82, 2.24) is 4.98 Å². The molecule has 0 saturated carbocycles. The maximum Gasteiger partial charge on any atom is 0.387 e. The van der Waals surface area contributed by atoms with E-state index >= 15 is 0 Å². The van der Waals surface area contributed by atoms with Crippen molar-refractivity contribution in [2.24, 2.45) is 15.9 Å². The van der Waals surface area contributed by atoms with Crippen molar-refractivity contribution in [3.8, 4) is 11.6 Å². The molecule has 2 N–H and O–H groups in total. The first kappa shape index (κ1) is 21.3. The molecule has 0 spiro atoms. The number of hydrogen-bond acceptors (Lipinski definition) is 7. The molecule has 160 valence electrons. The maximum absolute atomic E-state index is 13.4. The van der Waals surface area contributed by atoms with Gasteiger partial charge in [0.15, 0.2) is 11.6 Å². The van der Waals surface area contributed by atoms with Crippen LogP contribution in [0.4, 0.5) is 33.3 Å². The SMILES string of the molecule is NN=C(C=Nc1ccc(F)c(OC(F)F)c1)COc1cc(N2CC(F)(F)C2)ccn1. The number of halogens is 5. The molecule has 0 radical (unpaired) electrons. The van der Waals surface area contributed by atoms with Gasteiger partial charge in [0, 0.05) is 24.0 Å². The number of nitrogens with two attached hydrogens (primary N) is 1. The van der Waals surface area contributed by atoms with E-state index < -0.39 is 24.1 Å². The Labute approximate surface area is 167 Å². The largest absolute Gasteiger partial charge is 0.471 e. The predicted molar refractivity (Wildman–Crippen MR) is 99.7 cm³/mol. The summed E-state index contributed by atoms with van der Waals surface area (Å²) in [6.07, 6.45) is 2.61. The molecule has 2 heterocycles. The molecule has 0 bridgehead atoms. The minimum atomic E-state index is -3.18. The predicted octanol–water partition coefficient (Wildman–Crippen LogP) is 3.37. The van der Waals surface area contributed by atoms with E-state index in [1.165, 1.54) is 29.4 Å². The molecule has 7 nitrogen and oxygen atoms in total. The van der Waals surface area contributed by atoms with Crippen LogP contribution in [-0.2, 0) is 0 Å². The van der Waals surface area contributed by atoms with Gasteiger partial charge in [-0.05, 0) is 18.2 Å². The van der Waals surface area contributed by atoms with Crippen molar-refractivity contribution in [3.05, 3.63) is 42.3 Å². The number of ether oxygens (including phenoxy) is 2. The molecule has 1 aliphatic heterocycles. The van der Waals surface area contributed by atoms with Gasteiger partial charge in [0.2, 0.25) is 5.88 Å². The van der Waals surface area contributed by atoms with Crippen LogP contribution in [-0.4, -0.2) is 49.1 Å². The molecule has 3 rings (SSSR count). The quantitative estimate of drug-likeness (QED) is 0.301. The Morgan fingerprint density at radius 2 is 2.03 bits per heavy atom. The van der Waals surface area contributed by atoms with Crippen molar-refractivity contribution in [2.45, 2.75) is 12.5 Å². The van der Waals surface area contributed by atoms with Crippen LogP contribution in [0.5, 0.6) is 11.6 Å². The van der Waals surface area contributed by atoms with E-state index in [1.54, 1.807) is 6.07 Å². The van der Waals surface area contributed by atoms with Gasteiger partial charge in [0.05, 0.1) is 25.0 Å². The van der Waals surface area contributed by atoms with E-state index in [2.05, 4.69) is 19.8 Å². The van der Waals surface area contributed by atoms with E-state index in [4.69, 9.17) is 10.6 Å². The number of aromatic nitrogens is 1. The van der Waals surface area contributed by atoms with E-state index in [1.807, 2.05) is 0 Å². The van der Waals surface area contributed by atoms with Crippen molar-refractivity contribution in [1.29, 1.82) is 0 Å². The lowest BCUT2D eigenvalue weighted by Gasteiger charge is -2.40. The van der Waals surface area contributed by atoms with Crippen molar-refractivity contribution in [3.63, 3.8) is 0 Å². The molecule has 1 aliphatic rings. The fraction of sp³-hybridized carbons (Fsp3) is 0.278. The third-order valence-corrected chi connectivity index (χ3v) is 3.96. The van der Waals surface area contributed by atoms with Crippen LogP contribution < -0.4 is 20.2 Å². The Morgan fingerprint density at radius 1 is 1.27 bits per heavy atom. The number of pyridine rings is 1. The first-order valence-electron chi connectivity index (χ1n) is 8.52. The molecule has 1 aromatic heterocycles. The van der Waals surface area contributed by atoms with E-state index in [0.717, 1.165) is 12.1 Å². The second-order valence-electron chi connectivity index (χ2n) is 6.22. The Bertz CT molecular complexity index is 946. The standard InChI is InChI=1S/C18H16F5N5O2/c19-14-2-1-11(5-15(14)30-17(20)21)26-7-12(27-24)8-29-16-6-13(3-4-25-16)28-9-18(22,23)10-28/h1-7,17H,8-10,24H2. The van der Waals surface area contributed by atoms with Crippen LogP contribution >= 0.6 is 0 Å². The fourth-order valence-corrected chi connectivity index (χ4v) is 2.53. The summed E-state index contributed by atoms with van der Waals surface area (Å²) in [5.74, 6) is 1.12. The molecule has 0 unspecified atom stereocenters. The third kappa shape index (κ3) is 5.55. The topological polar surface area (TPSA) is 85.3 Å². The Balaban J connectivity index is 1.60. The summed E-state index contributed by atoms with van der Waals surface area (Å²) in [5, 5.41) is 3.49. The summed E-state index contributed by atoms with van der Waals surface area (Å²) in [6.45, 7) is -4.10. The molecule has 0 aliphatic carbocycles. The fourth-order valence-electron chi connectivity index (χ4n) is 2.53. The lowest BCUT2D eigenvalue weighted by atomic mass is 10.1. The summed E-state index contributed by atoms with van der Waals surface area (Å²) in [6, 6.07) is 6.23. The first-order valence-corrected chi connectivity index (χ1v) is 8.52. The highest BCUT2D eigenvalue weighted by molar-refractivity contribution is 6.31. The smallest absolute Gasteiger partial charge is 0.387 e. The first-order chi connectivity index (χ1) is 14.3. The average molecular weight is 429 g/mol. The number of alkyl halides is 4. The number of nitrogens with zero attached hydrogens (tertiary/aromatic N) is 4. The lowest BCUT2D eigenvalue weighted by molar-refractivity contribution is -0.0521. The number of rotatable bonds is 8.